The van der Waals surface area contributed by atoms with Gasteiger partial charge in [-0.05, 0) is 92.3 Å². The van der Waals surface area contributed by atoms with Crippen LogP contribution < -0.4 is 16.0 Å². The molecule has 0 saturated heterocycles. The molecule has 1 atom stereocenters. The number of benzene rings is 3. The molecule has 0 fully saturated rings. The standard InChI is InChI=1S/C28H25FN4O2S3/c1-3-25(26(35)33-28-32-24(16-37-28)19-7-11-20(29)12-8-19)38-23-6-4-5-22(15-23)31-27(36)30-21-13-9-18(10-14-21)17(2)34/h4-16,25H,3H2,1-2H3,(H2,30,31,36)(H,32,33,35). The van der Waals surface area contributed by atoms with Gasteiger partial charge in [-0.25, -0.2) is 9.37 Å². The van der Waals surface area contributed by atoms with E-state index in [9.17, 15) is 14.0 Å². The SMILES string of the molecule is CCC(Sc1cccc(NC(=S)Nc2ccc(C(C)=O)cc2)c1)C(=O)Nc1nc(-c2ccc(F)cc2)cs1. The molecule has 0 aliphatic carbocycles. The topological polar surface area (TPSA) is 83.1 Å². The number of ketones is 1. The van der Waals surface area contributed by atoms with Crippen LogP contribution in [0.2, 0.25) is 0 Å². The molecule has 0 radical (unpaired) electrons. The average Bonchev–Trinajstić information content (AvgIpc) is 3.36. The number of halogens is 1. The molecule has 1 unspecified atom stereocenters. The Hall–Kier alpha value is -3.60. The fourth-order valence-corrected chi connectivity index (χ4v) is 5.46. The zero-order chi connectivity index (χ0) is 27.1. The second-order valence-electron chi connectivity index (χ2n) is 8.29. The van der Waals surface area contributed by atoms with Crippen LogP contribution in [-0.2, 0) is 4.79 Å². The van der Waals surface area contributed by atoms with Gasteiger partial charge in [-0.3, -0.25) is 9.59 Å². The predicted molar refractivity (Wildman–Crippen MR) is 159 cm³/mol. The molecule has 4 rings (SSSR count). The van der Waals surface area contributed by atoms with Crippen LogP contribution in [0.5, 0.6) is 0 Å². The van der Waals surface area contributed by atoms with E-state index in [0.29, 0.717) is 27.9 Å². The molecule has 0 spiro atoms. The van der Waals surface area contributed by atoms with Gasteiger partial charge in [0.25, 0.3) is 0 Å². The highest BCUT2D eigenvalue weighted by Gasteiger charge is 2.20. The number of thioether (sulfide) groups is 1. The van der Waals surface area contributed by atoms with Crippen molar-refractivity contribution < 1.29 is 14.0 Å². The minimum Gasteiger partial charge on any atom is -0.332 e. The van der Waals surface area contributed by atoms with E-state index in [0.717, 1.165) is 21.8 Å². The van der Waals surface area contributed by atoms with Crippen molar-refractivity contribution in [1.82, 2.24) is 4.98 Å². The summed E-state index contributed by atoms with van der Waals surface area (Å²) in [5.41, 5.74) is 3.66. The number of carbonyl (C=O) groups is 2. The number of amides is 1. The van der Waals surface area contributed by atoms with Crippen LogP contribution in [0, 0.1) is 5.82 Å². The summed E-state index contributed by atoms with van der Waals surface area (Å²) in [5.74, 6) is -0.438. The molecule has 1 aromatic heterocycles. The highest BCUT2D eigenvalue weighted by atomic mass is 32.2. The second-order valence-corrected chi connectivity index (χ2v) is 10.8. The maximum Gasteiger partial charge on any atom is 0.239 e. The van der Waals surface area contributed by atoms with Crippen LogP contribution in [0.3, 0.4) is 0 Å². The van der Waals surface area contributed by atoms with Crippen molar-refractivity contribution >= 4 is 68.6 Å². The Morgan fingerprint density at radius 3 is 2.39 bits per heavy atom. The molecular weight excluding hydrogens is 540 g/mol. The van der Waals surface area contributed by atoms with Gasteiger partial charge in [0.1, 0.15) is 5.82 Å². The van der Waals surface area contributed by atoms with E-state index in [1.165, 1.54) is 42.2 Å². The number of carbonyl (C=O) groups excluding carboxylic acids is 2. The first-order chi connectivity index (χ1) is 18.3. The van der Waals surface area contributed by atoms with Crippen LogP contribution >= 0.6 is 35.3 Å². The van der Waals surface area contributed by atoms with Crippen molar-refractivity contribution in [2.24, 2.45) is 0 Å². The van der Waals surface area contributed by atoms with Gasteiger partial charge in [-0.2, -0.15) is 0 Å². The number of thiazole rings is 1. The third-order valence-electron chi connectivity index (χ3n) is 5.46. The van der Waals surface area contributed by atoms with E-state index in [1.807, 2.05) is 36.6 Å². The Morgan fingerprint density at radius 2 is 1.71 bits per heavy atom. The van der Waals surface area contributed by atoms with Gasteiger partial charge in [0.2, 0.25) is 5.91 Å². The minimum absolute atomic E-state index is 0.00651. The number of anilines is 3. The van der Waals surface area contributed by atoms with Crippen molar-refractivity contribution in [1.29, 1.82) is 0 Å². The van der Waals surface area contributed by atoms with E-state index >= 15 is 0 Å². The van der Waals surface area contributed by atoms with E-state index in [-0.39, 0.29) is 22.8 Å². The van der Waals surface area contributed by atoms with Crippen molar-refractivity contribution in [3.63, 3.8) is 0 Å². The molecule has 10 heteroatoms. The summed E-state index contributed by atoms with van der Waals surface area (Å²) in [4.78, 5) is 29.8. The number of hydrogen-bond donors (Lipinski definition) is 3. The summed E-state index contributed by atoms with van der Waals surface area (Å²) < 4.78 is 13.2. The molecule has 0 aliphatic rings. The molecule has 1 amide bonds. The fraction of sp³-hybridized carbons (Fsp3) is 0.143. The summed E-state index contributed by atoms with van der Waals surface area (Å²) in [6, 6.07) is 20.8. The molecule has 6 nitrogen and oxygen atoms in total. The molecule has 3 N–H and O–H groups in total. The maximum atomic E-state index is 13.2. The minimum atomic E-state index is -0.326. The van der Waals surface area contributed by atoms with Gasteiger partial charge in [-0.1, -0.05) is 13.0 Å². The van der Waals surface area contributed by atoms with E-state index in [4.69, 9.17) is 12.2 Å². The summed E-state index contributed by atoms with van der Waals surface area (Å²) >= 11 is 8.22. The quantitative estimate of drug-likeness (QED) is 0.110. The van der Waals surface area contributed by atoms with Gasteiger partial charge in [0.05, 0.1) is 10.9 Å². The summed E-state index contributed by atoms with van der Waals surface area (Å²) in [7, 11) is 0. The second kappa shape index (κ2) is 12.8. The number of thiocarbonyl (C=S) groups is 1. The van der Waals surface area contributed by atoms with Gasteiger partial charge in [0, 0.05) is 32.8 Å². The number of aromatic nitrogens is 1. The number of Topliss-reactive ketones (excluding diaryl/α,β-unsaturated/α-hetero) is 1. The van der Waals surface area contributed by atoms with Crippen LogP contribution in [0.1, 0.15) is 30.6 Å². The first-order valence-electron chi connectivity index (χ1n) is 11.8. The summed E-state index contributed by atoms with van der Waals surface area (Å²) in [5, 5.41) is 11.6. The van der Waals surface area contributed by atoms with Gasteiger partial charge >= 0.3 is 0 Å². The lowest BCUT2D eigenvalue weighted by Gasteiger charge is -2.15. The molecule has 3 aromatic carbocycles. The maximum absolute atomic E-state index is 13.2. The smallest absolute Gasteiger partial charge is 0.239 e. The lowest BCUT2D eigenvalue weighted by molar-refractivity contribution is -0.115. The summed E-state index contributed by atoms with van der Waals surface area (Å²) in [6.07, 6.45) is 0.626. The number of nitrogens with one attached hydrogen (secondary N) is 3. The Morgan fingerprint density at radius 1 is 1.00 bits per heavy atom. The lowest BCUT2D eigenvalue weighted by atomic mass is 10.1. The molecule has 194 valence electrons. The van der Waals surface area contributed by atoms with Gasteiger partial charge in [-0.15, -0.1) is 23.1 Å². The average molecular weight is 565 g/mol. The predicted octanol–water partition coefficient (Wildman–Crippen LogP) is 7.47. The first kappa shape index (κ1) is 27.4. The summed E-state index contributed by atoms with van der Waals surface area (Å²) in [6.45, 7) is 3.49. The van der Waals surface area contributed by atoms with Gasteiger partial charge < -0.3 is 16.0 Å². The van der Waals surface area contributed by atoms with Crippen LogP contribution in [0.15, 0.2) is 83.1 Å². The largest absolute Gasteiger partial charge is 0.332 e. The van der Waals surface area contributed by atoms with Crippen molar-refractivity contribution in [3.8, 4) is 11.3 Å². The number of nitrogens with zero attached hydrogens (tertiary/aromatic N) is 1. The highest BCUT2D eigenvalue weighted by Crippen LogP contribution is 2.30. The molecule has 0 aliphatic heterocycles. The molecular formula is C28H25FN4O2S3. The fourth-order valence-electron chi connectivity index (χ4n) is 3.49. The van der Waals surface area contributed by atoms with Crippen LogP contribution in [0.25, 0.3) is 11.3 Å². The normalized spacial score (nSPS) is 11.4. The number of rotatable bonds is 9. The Kier molecular flexibility index (Phi) is 9.22. The van der Waals surface area contributed by atoms with Crippen LogP contribution in [-0.4, -0.2) is 27.0 Å². The van der Waals surface area contributed by atoms with Gasteiger partial charge in [0.15, 0.2) is 16.0 Å². The zero-order valence-corrected chi connectivity index (χ0v) is 23.1. The monoisotopic (exact) mass is 564 g/mol. The molecule has 0 saturated carbocycles. The molecule has 0 bridgehead atoms. The molecule has 1 heterocycles. The molecule has 4 aromatic rings. The van der Waals surface area contributed by atoms with E-state index in [2.05, 4.69) is 20.9 Å². The third kappa shape index (κ3) is 7.47. The van der Waals surface area contributed by atoms with Crippen molar-refractivity contribution in [2.75, 3.05) is 16.0 Å². The third-order valence-corrected chi connectivity index (χ3v) is 7.78. The first-order valence-corrected chi connectivity index (χ1v) is 14.0. The lowest BCUT2D eigenvalue weighted by Crippen LogP contribution is -2.24. The van der Waals surface area contributed by atoms with E-state index in [1.54, 1.807) is 36.4 Å². The molecule has 38 heavy (non-hydrogen) atoms. The number of hydrogen-bond acceptors (Lipinski definition) is 6. The van der Waals surface area contributed by atoms with Crippen LogP contribution in [0.4, 0.5) is 20.9 Å². The Labute approximate surface area is 234 Å². The van der Waals surface area contributed by atoms with Crippen molar-refractivity contribution in [2.45, 2.75) is 30.4 Å². The zero-order valence-electron chi connectivity index (χ0n) is 20.7. The van der Waals surface area contributed by atoms with Crippen molar-refractivity contribution in [3.05, 3.63) is 89.6 Å². The van der Waals surface area contributed by atoms with E-state index < -0.39 is 0 Å². The highest BCUT2D eigenvalue weighted by molar-refractivity contribution is 8.00. The Balaban J connectivity index is 1.34. The Bertz CT molecular complexity index is 1440.